The van der Waals surface area contributed by atoms with Crippen LogP contribution in [0.3, 0.4) is 0 Å². The molecule has 10 nitrogen and oxygen atoms in total. The summed E-state index contributed by atoms with van der Waals surface area (Å²) < 4.78 is 35.5. The Morgan fingerprint density at radius 1 is 1.26 bits per heavy atom. The molecule has 13 heteroatoms. The Morgan fingerprint density at radius 3 is 2.84 bits per heavy atom. The maximum atomic E-state index is 13.3. The Hall–Kier alpha value is -4.24. The summed E-state index contributed by atoms with van der Waals surface area (Å²) in [6.07, 6.45) is 8.21. The predicted molar refractivity (Wildman–Crippen MR) is 138 cm³/mol. The van der Waals surface area contributed by atoms with Crippen molar-refractivity contribution in [2.75, 3.05) is 17.7 Å². The van der Waals surface area contributed by atoms with E-state index in [1.807, 2.05) is 6.92 Å². The second-order valence-corrected chi connectivity index (χ2v) is 9.35. The molecule has 5 rings (SSSR count). The van der Waals surface area contributed by atoms with Crippen molar-refractivity contribution in [1.82, 2.24) is 34.5 Å². The highest BCUT2D eigenvalue weighted by Gasteiger charge is 2.59. The van der Waals surface area contributed by atoms with Crippen molar-refractivity contribution >= 4 is 23.1 Å². The average Bonchev–Trinajstić information content (AvgIpc) is 3.18. The number of anilines is 2. The largest absolute Gasteiger partial charge is 0.477 e. The van der Waals surface area contributed by atoms with Crippen LogP contribution >= 0.6 is 11.6 Å². The fraction of sp³-hybridized carbons (Fsp3) is 0.320. The van der Waals surface area contributed by atoms with E-state index >= 15 is 0 Å². The normalized spacial score (nSPS) is 16.4. The number of aromatic nitrogens is 7. The smallest absolute Gasteiger partial charge is 0.272 e. The number of alkyl halides is 2. The number of hydrogen-bond donors (Lipinski definition) is 2. The second-order valence-electron chi connectivity index (χ2n) is 8.97. The Bertz CT molecular complexity index is 1520. The van der Waals surface area contributed by atoms with Gasteiger partial charge in [-0.05, 0) is 19.1 Å². The van der Waals surface area contributed by atoms with Gasteiger partial charge in [-0.1, -0.05) is 23.4 Å². The lowest BCUT2D eigenvalue weighted by Crippen LogP contribution is -2.19. The van der Waals surface area contributed by atoms with Gasteiger partial charge in [0.2, 0.25) is 5.88 Å². The molecule has 1 aliphatic rings. The quantitative estimate of drug-likeness (QED) is 0.255. The maximum absolute atomic E-state index is 13.3. The lowest BCUT2D eigenvalue weighted by Gasteiger charge is -2.17. The second kappa shape index (κ2) is 10.3. The third kappa shape index (κ3) is 5.68. The maximum Gasteiger partial charge on any atom is 0.272 e. The van der Waals surface area contributed by atoms with E-state index in [0.717, 1.165) is 0 Å². The summed E-state index contributed by atoms with van der Waals surface area (Å²) in [4.78, 5) is 12.6. The summed E-state index contributed by atoms with van der Waals surface area (Å²) in [5.41, 5.74) is 8.27. The number of ether oxygens (including phenoxy) is 1. The van der Waals surface area contributed by atoms with E-state index in [2.05, 4.69) is 42.3 Å². The molecule has 38 heavy (non-hydrogen) atoms. The molecule has 0 aromatic carbocycles. The van der Waals surface area contributed by atoms with Gasteiger partial charge in [-0.25, -0.2) is 28.4 Å². The first kappa shape index (κ1) is 25.4. The Labute approximate surface area is 222 Å². The fourth-order valence-electron chi connectivity index (χ4n) is 3.77. The first-order valence-electron chi connectivity index (χ1n) is 11.8. The third-order valence-corrected chi connectivity index (χ3v) is 6.13. The number of pyridine rings is 1. The summed E-state index contributed by atoms with van der Waals surface area (Å²) in [6.45, 7) is 2.38. The number of nitrogen functional groups attached to an aromatic ring is 1. The minimum absolute atomic E-state index is 0.0193. The van der Waals surface area contributed by atoms with Crippen LogP contribution in [0.5, 0.6) is 5.88 Å². The first-order valence-corrected chi connectivity index (χ1v) is 12.2. The lowest BCUT2D eigenvalue weighted by atomic mass is 10.2. The fourth-order valence-corrected chi connectivity index (χ4v) is 3.93. The number of hydrogen-bond acceptors (Lipinski definition) is 8. The van der Waals surface area contributed by atoms with Crippen LogP contribution in [0.4, 0.5) is 20.3 Å². The molecule has 4 aromatic rings. The molecule has 0 amide bonds. The van der Waals surface area contributed by atoms with Gasteiger partial charge in [0.05, 0.1) is 35.8 Å². The molecular weight excluding hydrogens is 516 g/mol. The molecule has 0 radical (unpaired) electrons. The van der Waals surface area contributed by atoms with Crippen molar-refractivity contribution in [2.24, 2.45) is 7.05 Å². The number of rotatable bonds is 8. The summed E-state index contributed by atoms with van der Waals surface area (Å²) in [5.74, 6) is 4.62. The van der Waals surface area contributed by atoms with E-state index in [9.17, 15) is 8.78 Å². The van der Waals surface area contributed by atoms with Crippen molar-refractivity contribution < 1.29 is 13.5 Å². The lowest BCUT2D eigenvalue weighted by molar-refractivity contribution is 0.0983. The predicted octanol–water partition coefficient (Wildman–Crippen LogP) is 3.95. The molecular formula is C25H24ClF2N9O. The van der Waals surface area contributed by atoms with Gasteiger partial charge in [0.1, 0.15) is 22.6 Å². The van der Waals surface area contributed by atoms with E-state index in [-0.39, 0.29) is 12.5 Å². The van der Waals surface area contributed by atoms with Gasteiger partial charge in [-0.2, -0.15) is 10.2 Å². The van der Waals surface area contributed by atoms with Gasteiger partial charge in [0, 0.05) is 44.5 Å². The van der Waals surface area contributed by atoms with Gasteiger partial charge < -0.3 is 15.8 Å². The first-order chi connectivity index (χ1) is 18.2. The van der Waals surface area contributed by atoms with Crippen LogP contribution in [0.25, 0.3) is 11.4 Å². The van der Waals surface area contributed by atoms with Crippen molar-refractivity contribution in [3.8, 4) is 29.1 Å². The standard InChI is InChI=1S/C25H24ClF2N9O/c1-15(6-8-38-24-18(13-32-36(24)2)23-30-7-5-22(29)35-23)34-19-9-21(26)31-12-17(19)4-3-16-11-33-37(14-16)20-10-25(20,27)28/h5,7,9,11-15,20H,6,8,10H2,1-2H3,(H,31,34)(H2,29,30,35)/t15-,20?/m1/s1. The van der Waals surface area contributed by atoms with E-state index in [1.54, 1.807) is 42.5 Å². The number of nitrogens with two attached hydrogens (primary N) is 1. The van der Waals surface area contributed by atoms with Gasteiger partial charge >= 0.3 is 0 Å². The van der Waals surface area contributed by atoms with Gasteiger partial charge in [-0.3, -0.25) is 4.68 Å². The Kier molecular flexibility index (Phi) is 6.86. The van der Waals surface area contributed by atoms with Gasteiger partial charge in [-0.15, -0.1) is 0 Å². The summed E-state index contributed by atoms with van der Waals surface area (Å²) in [5, 5.41) is 12.0. The molecule has 0 saturated heterocycles. The molecule has 4 aromatic heterocycles. The zero-order valence-electron chi connectivity index (χ0n) is 20.6. The van der Waals surface area contributed by atoms with Crippen LogP contribution in [0, 0.1) is 11.8 Å². The van der Waals surface area contributed by atoms with Crippen LogP contribution in [0.15, 0.2) is 43.1 Å². The van der Waals surface area contributed by atoms with Gasteiger partial charge in [0.25, 0.3) is 5.92 Å². The topological polar surface area (TPSA) is 122 Å². The summed E-state index contributed by atoms with van der Waals surface area (Å²) in [6, 6.07) is 2.39. The van der Waals surface area contributed by atoms with Crippen molar-refractivity contribution in [3.63, 3.8) is 0 Å². The number of nitrogens with one attached hydrogen (secondary N) is 1. The van der Waals surface area contributed by atoms with Crippen LogP contribution in [-0.4, -0.2) is 53.1 Å². The number of halogens is 3. The van der Waals surface area contributed by atoms with E-state index in [4.69, 9.17) is 22.1 Å². The van der Waals surface area contributed by atoms with Crippen LogP contribution < -0.4 is 15.8 Å². The Morgan fingerprint density at radius 2 is 2.08 bits per heavy atom. The van der Waals surface area contributed by atoms with E-state index in [0.29, 0.717) is 58.1 Å². The van der Waals surface area contributed by atoms with E-state index < -0.39 is 12.0 Å². The molecule has 3 N–H and O–H groups in total. The minimum atomic E-state index is -2.70. The highest BCUT2D eigenvalue weighted by Crippen LogP contribution is 2.52. The summed E-state index contributed by atoms with van der Waals surface area (Å²) in [7, 11) is 1.77. The zero-order valence-corrected chi connectivity index (χ0v) is 21.3. The molecule has 0 aliphatic heterocycles. The molecule has 4 heterocycles. The van der Waals surface area contributed by atoms with E-state index in [1.165, 1.54) is 17.1 Å². The molecule has 0 spiro atoms. The zero-order chi connectivity index (χ0) is 26.9. The van der Waals surface area contributed by atoms with Crippen LogP contribution in [0.2, 0.25) is 5.15 Å². The molecule has 0 bridgehead atoms. The monoisotopic (exact) mass is 539 g/mol. The minimum Gasteiger partial charge on any atom is -0.477 e. The molecule has 2 atom stereocenters. The summed E-state index contributed by atoms with van der Waals surface area (Å²) >= 11 is 6.13. The highest BCUT2D eigenvalue weighted by atomic mass is 35.5. The molecule has 1 fully saturated rings. The van der Waals surface area contributed by atoms with Gasteiger partial charge in [0.15, 0.2) is 5.82 Å². The highest BCUT2D eigenvalue weighted by molar-refractivity contribution is 6.29. The molecule has 1 unspecified atom stereocenters. The Balaban J connectivity index is 1.22. The average molecular weight is 540 g/mol. The van der Waals surface area contributed by atoms with Crippen molar-refractivity contribution in [1.29, 1.82) is 0 Å². The van der Waals surface area contributed by atoms with Crippen molar-refractivity contribution in [2.45, 2.75) is 37.8 Å². The molecule has 1 aliphatic carbocycles. The molecule has 1 saturated carbocycles. The third-order valence-electron chi connectivity index (χ3n) is 5.92. The molecule has 196 valence electrons. The van der Waals surface area contributed by atoms with Crippen molar-refractivity contribution in [3.05, 3.63) is 59.4 Å². The number of nitrogens with zero attached hydrogens (tertiary/aromatic N) is 7. The van der Waals surface area contributed by atoms with Crippen LogP contribution in [-0.2, 0) is 7.05 Å². The number of aryl methyl sites for hydroxylation is 1. The SMILES string of the molecule is C[C@H](CCOc1c(-c2nccc(N)n2)cnn1C)Nc1cc(Cl)ncc1C#Cc1cnn(C2CC2(F)F)c1. The van der Waals surface area contributed by atoms with Crippen LogP contribution in [0.1, 0.15) is 36.9 Å².